The maximum atomic E-state index is 9.63. The van der Waals surface area contributed by atoms with Gasteiger partial charge in [0.15, 0.2) is 6.29 Å². The fourth-order valence-corrected chi connectivity index (χ4v) is 2.40. The lowest BCUT2D eigenvalue weighted by molar-refractivity contribution is -0.130. The molecular formula is C12H24O2. The van der Waals surface area contributed by atoms with E-state index < -0.39 is 6.29 Å². The number of hydrogen-bond donors (Lipinski definition) is 1. The van der Waals surface area contributed by atoms with Gasteiger partial charge in [-0.15, -0.1) is 0 Å². The summed E-state index contributed by atoms with van der Waals surface area (Å²) < 4.78 is 5.20. The summed E-state index contributed by atoms with van der Waals surface area (Å²) in [5.74, 6) is 1.12. The van der Waals surface area contributed by atoms with Gasteiger partial charge in [0.2, 0.25) is 0 Å². The first-order chi connectivity index (χ1) is 6.74. The molecule has 1 fully saturated rings. The van der Waals surface area contributed by atoms with Crippen LogP contribution in [0.2, 0.25) is 0 Å². The van der Waals surface area contributed by atoms with Gasteiger partial charge in [-0.05, 0) is 19.3 Å². The predicted octanol–water partition coefficient (Wildman–Crippen LogP) is 2.95. The highest BCUT2D eigenvalue weighted by molar-refractivity contribution is 4.69. The van der Waals surface area contributed by atoms with Gasteiger partial charge >= 0.3 is 0 Å². The molecule has 0 radical (unpaired) electrons. The molecule has 1 aliphatic rings. The van der Waals surface area contributed by atoms with Gasteiger partial charge in [-0.2, -0.15) is 0 Å². The molecule has 0 aromatic rings. The Bertz CT molecular complexity index is 141. The summed E-state index contributed by atoms with van der Waals surface area (Å²) >= 11 is 0. The van der Waals surface area contributed by atoms with E-state index in [9.17, 15) is 5.11 Å². The first kappa shape index (κ1) is 12.0. The molecule has 0 saturated heterocycles. The Balaban J connectivity index is 2.20. The third-order valence-corrected chi connectivity index (χ3v) is 3.25. The monoisotopic (exact) mass is 200 g/mol. The second-order valence-electron chi connectivity index (χ2n) is 4.56. The van der Waals surface area contributed by atoms with Crippen LogP contribution in [-0.4, -0.2) is 18.0 Å². The van der Waals surface area contributed by atoms with Crippen LogP contribution < -0.4 is 0 Å². The average molecular weight is 200 g/mol. The maximum absolute atomic E-state index is 9.63. The van der Waals surface area contributed by atoms with Gasteiger partial charge in [0.05, 0.1) is 0 Å². The molecule has 0 amide bonds. The molecule has 2 unspecified atom stereocenters. The van der Waals surface area contributed by atoms with Crippen molar-refractivity contribution >= 4 is 0 Å². The molecule has 0 aliphatic heterocycles. The Morgan fingerprint density at radius 2 is 1.93 bits per heavy atom. The molecule has 2 atom stereocenters. The second-order valence-corrected chi connectivity index (χ2v) is 4.56. The molecule has 1 rings (SSSR count). The lowest BCUT2D eigenvalue weighted by Crippen LogP contribution is -2.24. The van der Waals surface area contributed by atoms with Gasteiger partial charge in [-0.25, -0.2) is 0 Å². The van der Waals surface area contributed by atoms with Crippen LogP contribution in [0.25, 0.3) is 0 Å². The zero-order valence-corrected chi connectivity index (χ0v) is 9.54. The van der Waals surface area contributed by atoms with E-state index in [1.807, 2.05) is 6.92 Å². The minimum Gasteiger partial charge on any atom is -0.368 e. The molecule has 14 heavy (non-hydrogen) atoms. The molecule has 0 bridgehead atoms. The van der Waals surface area contributed by atoms with Crippen LogP contribution in [0, 0.1) is 11.8 Å². The zero-order valence-electron chi connectivity index (χ0n) is 9.54. The van der Waals surface area contributed by atoms with Gasteiger partial charge in [0, 0.05) is 12.5 Å². The lowest BCUT2D eigenvalue weighted by atomic mass is 9.83. The second kappa shape index (κ2) is 6.41. The Hall–Kier alpha value is -0.0800. The summed E-state index contributed by atoms with van der Waals surface area (Å²) in [4.78, 5) is 0. The summed E-state index contributed by atoms with van der Waals surface area (Å²) in [5, 5.41) is 9.63. The van der Waals surface area contributed by atoms with Gasteiger partial charge in [-0.3, -0.25) is 0 Å². The van der Waals surface area contributed by atoms with Gasteiger partial charge in [0.1, 0.15) is 0 Å². The van der Waals surface area contributed by atoms with Crippen LogP contribution in [0.15, 0.2) is 0 Å². The van der Waals surface area contributed by atoms with Crippen molar-refractivity contribution < 1.29 is 9.84 Å². The lowest BCUT2D eigenvalue weighted by Gasteiger charge is -2.26. The number of aliphatic hydroxyl groups excluding tert-OH is 1. The third kappa shape index (κ3) is 3.97. The number of rotatable bonds is 5. The highest BCUT2D eigenvalue weighted by Gasteiger charge is 2.21. The quantitative estimate of drug-likeness (QED) is 0.691. The zero-order chi connectivity index (χ0) is 10.4. The van der Waals surface area contributed by atoms with Gasteiger partial charge in [-0.1, -0.05) is 39.0 Å². The SMILES string of the molecule is CCOC(O)C(C)CC1CCCCC1. The molecular weight excluding hydrogens is 176 g/mol. The van der Waals surface area contributed by atoms with Crippen LogP contribution in [0.3, 0.4) is 0 Å². The Morgan fingerprint density at radius 1 is 1.29 bits per heavy atom. The van der Waals surface area contributed by atoms with E-state index >= 15 is 0 Å². The standard InChI is InChI=1S/C12H24O2/c1-3-14-12(13)10(2)9-11-7-5-4-6-8-11/h10-13H,3-9H2,1-2H3. The first-order valence-electron chi connectivity index (χ1n) is 6.03. The van der Waals surface area contributed by atoms with Crippen LogP contribution >= 0.6 is 0 Å². The normalized spacial score (nSPS) is 23.4. The Kier molecular flexibility index (Phi) is 5.49. The van der Waals surface area contributed by atoms with Crippen molar-refractivity contribution in [3.05, 3.63) is 0 Å². The van der Waals surface area contributed by atoms with Crippen molar-refractivity contribution in [2.45, 2.75) is 58.7 Å². The van der Waals surface area contributed by atoms with Crippen molar-refractivity contribution in [1.82, 2.24) is 0 Å². The minimum atomic E-state index is -0.554. The molecule has 84 valence electrons. The van der Waals surface area contributed by atoms with E-state index in [0.717, 1.165) is 12.3 Å². The van der Waals surface area contributed by atoms with E-state index in [0.29, 0.717) is 6.61 Å². The summed E-state index contributed by atoms with van der Waals surface area (Å²) in [7, 11) is 0. The molecule has 1 N–H and O–H groups in total. The molecule has 2 nitrogen and oxygen atoms in total. The summed E-state index contributed by atoms with van der Waals surface area (Å²) in [6.07, 6.45) is 7.43. The number of hydrogen-bond acceptors (Lipinski definition) is 2. The van der Waals surface area contributed by atoms with E-state index in [1.54, 1.807) is 0 Å². The van der Waals surface area contributed by atoms with Gasteiger partial charge < -0.3 is 9.84 Å². The van der Waals surface area contributed by atoms with Gasteiger partial charge in [0.25, 0.3) is 0 Å². The highest BCUT2D eigenvalue weighted by atomic mass is 16.6. The van der Waals surface area contributed by atoms with Crippen molar-refractivity contribution in [1.29, 1.82) is 0 Å². The predicted molar refractivity (Wildman–Crippen MR) is 58.0 cm³/mol. The fraction of sp³-hybridized carbons (Fsp3) is 1.00. The summed E-state index contributed by atoms with van der Waals surface area (Å²) in [6.45, 7) is 4.63. The molecule has 0 heterocycles. The van der Waals surface area contributed by atoms with Crippen LogP contribution in [0.1, 0.15) is 52.4 Å². The third-order valence-electron chi connectivity index (χ3n) is 3.25. The summed E-state index contributed by atoms with van der Waals surface area (Å²) in [5.41, 5.74) is 0. The number of aliphatic hydroxyl groups is 1. The number of ether oxygens (including phenoxy) is 1. The maximum Gasteiger partial charge on any atom is 0.157 e. The Morgan fingerprint density at radius 3 is 2.50 bits per heavy atom. The smallest absolute Gasteiger partial charge is 0.157 e. The van der Waals surface area contributed by atoms with Crippen molar-refractivity contribution in [2.75, 3.05) is 6.61 Å². The van der Waals surface area contributed by atoms with E-state index in [2.05, 4.69) is 6.92 Å². The van der Waals surface area contributed by atoms with Crippen molar-refractivity contribution in [3.63, 3.8) is 0 Å². The van der Waals surface area contributed by atoms with E-state index in [1.165, 1.54) is 32.1 Å². The average Bonchev–Trinajstić information content (AvgIpc) is 2.19. The topological polar surface area (TPSA) is 29.5 Å². The van der Waals surface area contributed by atoms with Crippen LogP contribution in [-0.2, 0) is 4.74 Å². The summed E-state index contributed by atoms with van der Waals surface area (Å²) in [6, 6.07) is 0. The molecule has 0 aromatic carbocycles. The molecule has 0 aromatic heterocycles. The Labute approximate surface area is 87.7 Å². The molecule has 1 saturated carbocycles. The molecule has 2 heteroatoms. The van der Waals surface area contributed by atoms with Crippen molar-refractivity contribution in [3.8, 4) is 0 Å². The molecule has 1 aliphatic carbocycles. The van der Waals surface area contributed by atoms with Crippen molar-refractivity contribution in [2.24, 2.45) is 11.8 Å². The first-order valence-corrected chi connectivity index (χ1v) is 6.03. The van der Waals surface area contributed by atoms with Crippen LogP contribution in [0.5, 0.6) is 0 Å². The van der Waals surface area contributed by atoms with E-state index in [-0.39, 0.29) is 5.92 Å². The fourth-order valence-electron chi connectivity index (χ4n) is 2.40. The molecule has 0 spiro atoms. The highest BCUT2D eigenvalue weighted by Crippen LogP contribution is 2.30. The van der Waals surface area contributed by atoms with E-state index in [4.69, 9.17) is 4.74 Å². The minimum absolute atomic E-state index is 0.290. The van der Waals surface area contributed by atoms with Crippen LogP contribution in [0.4, 0.5) is 0 Å². The largest absolute Gasteiger partial charge is 0.368 e.